The lowest BCUT2D eigenvalue weighted by Crippen LogP contribution is -2.44. The summed E-state index contributed by atoms with van der Waals surface area (Å²) in [4.78, 5) is 12.8. The third-order valence-corrected chi connectivity index (χ3v) is 6.89. The fourth-order valence-electron chi connectivity index (χ4n) is 3.13. The van der Waals surface area contributed by atoms with E-state index in [1.54, 1.807) is 24.3 Å². The van der Waals surface area contributed by atoms with Gasteiger partial charge >= 0.3 is 0 Å². The number of hydrogen-bond donors (Lipinski definition) is 1. The van der Waals surface area contributed by atoms with E-state index >= 15 is 0 Å². The SMILES string of the molecule is CCc1cc[n+]([C@H](C)C(=O)Nc2ccc(S(=O)(=O)N3CCCC3)cc2)cc1. The first-order valence-corrected chi connectivity index (χ1v) is 10.8. The molecule has 1 fully saturated rings. The number of sulfonamides is 1. The molecule has 0 radical (unpaired) electrons. The maximum absolute atomic E-state index is 12.5. The number of carbonyl (C=O) groups excluding carboxylic acids is 1. The highest BCUT2D eigenvalue weighted by molar-refractivity contribution is 7.89. The third kappa shape index (κ3) is 4.36. The van der Waals surface area contributed by atoms with Gasteiger partial charge in [-0.15, -0.1) is 0 Å². The van der Waals surface area contributed by atoms with Gasteiger partial charge in [0.15, 0.2) is 12.4 Å². The predicted octanol–water partition coefficient (Wildman–Crippen LogP) is 2.52. The van der Waals surface area contributed by atoms with E-state index in [1.807, 2.05) is 36.0 Å². The summed E-state index contributed by atoms with van der Waals surface area (Å²) in [7, 11) is -3.43. The molecule has 1 aliphatic heterocycles. The number of pyridine rings is 1. The summed E-state index contributed by atoms with van der Waals surface area (Å²) in [6, 6.07) is 10.0. The van der Waals surface area contributed by atoms with Crippen molar-refractivity contribution < 1.29 is 17.8 Å². The Hall–Kier alpha value is -2.25. The van der Waals surface area contributed by atoms with Crippen LogP contribution in [0.2, 0.25) is 0 Å². The minimum Gasteiger partial charge on any atom is -0.320 e. The molecule has 2 heterocycles. The van der Waals surface area contributed by atoms with Crippen LogP contribution in [0.15, 0.2) is 53.7 Å². The lowest BCUT2D eigenvalue weighted by molar-refractivity contribution is -0.705. The van der Waals surface area contributed by atoms with Gasteiger partial charge in [0.2, 0.25) is 16.1 Å². The molecular formula is C20H26N3O3S+. The monoisotopic (exact) mass is 388 g/mol. The normalized spacial score (nSPS) is 16.2. The summed E-state index contributed by atoms with van der Waals surface area (Å²) in [5.74, 6) is -0.153. The second-order valence-electron chi connectivity index (χ2n) is 6.81. The van der Waals surface area contributed by atoms with Crippen LogP contribution < -0.4 is 9.88 Å². The van der Waals surface area contributed by atoms with Gasteiger partial charge in [-0.1, -0.05) is 6.92 Å². The standard InChI is InChI=1S/C20H25N3O3S/c1-3-17-10-14-22(15-11-17)16(2)20(24)21-18-6-8-19(9-7-18)27(25,26)23-12-4-5-13-23/h6-11,14-16H,3-5,12-13H2,1-2H3/p+1/t16-/m1/s1. The molecule has 1 N–H and O–H groups in total. The van der Waals surface area contributed by atoms with Crippen LogP contribution in [-0.2, 0) is 21.2 Å². The highest BCUT2D eigenvalue weighted by Gasteiger charge is 2.27. The number of rotatable bonds is 6. The molecule has 3 rings (SSSR count). The van der Waals surface area contributed by atoms with E-state index in [2.05, 4.69) is 12.2 Å². The van der Waals surface area contributed by atoms with Gasteiger partial charge in [0.1, 0.15) is 0 Å². The molecule has 1 amide bonds. The molecule has 7 heteroatoms. The molecule has 0 unspecified atom stereocenters. The van der Waals surface area contributed by atoms with Gasteiger partial charge in [0, 0.05) is 37.8 Å². The fourth-order valence-corrected chi connectivity index (χ4v) is 4.65. The number of aromatic nitrogens is 1. The van der Waals surface area contributed by atoms with Crippen LogP contribution in [0.25, 0.3) is 0 Å². The smallest absolute Gasteiger partial charge is 0.293 e. The first-order valence-electron chi connectivity index (χ1n) is 9.32. The zero-order valence-electron chi connectivity index (χ0n) is 15.8. The third-order valence-electron chi connectivity index (χ3n) is 4.98. The first kappa shape index (κ1) is 19.5. The van der Waals surface area contributed by atoms with Crippen LogP contribution in [0, 0.1) is 0 Å². The van der Waals surface area contributed by atoms with Crippen molar-refractivity contribution in [2.45, 2.75) is 44.0 Å². The largest absolute Gasteiger partial charge is 0.320 e. The van der Waals surface area contributed by atoms with E-state index in [0.29, 0.717) is 18.8 Å². The van der Waals surface area contributed by atoms with Crippen molar-refractivity contribution in [1.82, 2.24) is 4.31 Å². The quantitative estimate of drug-likeness (QED) is 0.773. The van der Waals surface area contributed by atoms with Crippen LogP contribution >= 0.6 is 0 Å². The second kappa shape index (κ2) is 8.19. The zero-order valence-corrected chi connectivity index (χ0v) is 16.6. The average molecular weight is 389 g/mol. The molecular weight excluding hydrogens is 362 g/mol. The number of nitrogens with one attached hydrogen (secondary N) is 1. The molecule has 6 nitrogen and oxygen atoms in total. The van der Waals surface area contributed by atoms with E-state index in [0.717, 1.165) is 19.3 Å². The van der Waals surface area contributed by atoms with E-state index in [1.165, 1.54) is 9.87 Å². The number of aryl methyl sites for hydroxylation is 1. The van der Waals surface area contributed by atoms with Crippen molar-refractivity contribution in [2.75, 3.05) is 18.4 Å². The molecule has 27 heavy (non-hydrogen) atoms. The van der Waals surface area contributed by atoms with Gasteiger partial charge in [-0.25, -0.2) is 8.42 Å². The maximum Gasteiger partial charge on any atom is 0.293 e. The maximum atomic E-state index is 12.5. The lowest BCUT2D eigenvalue weighted by atomic mass is 10.2. The molecule has 2 aromatic rings. The van der Waals surface area contributed by atoms with Gasteiger partial charge in [-0.3, -0.25) is 4.79 Å². The zero-order chi connectivity index (χ0) is 19.4. The highest BCUT2D eigenvalue weighted by atomic mass is 32.2. The van der Waals surface area contributed by atoms with Crippen LogP contribution in [-0.4, -0.2) is 31.7 Å². The lowest BCUT2D eigenvalue weighted by Gasteiger charge is -2.16. The Balaban J connectivity index is 1.67. The summed E-state index contributed by atoms with van der Waals surface area (Å²) in [6.07, 6.45) is 6.56. The molecule has 0 bridgehead atoms. The average Bonchev–Trinajstić information content (AvgIpc) is 3.23. The van der Waals surface area contributed by atoms with Crippen molar-refractivity contribution in [2.24, 2.45) is 0 Å². The van der Waals surface area contributed by atoms with Crippen LogP contribution in [0.3, 0.4) is 0 Å². The van der Waals surface area contributed by atoms with Gasteiger partial charge in [-0.05, 0) is 49.1 Å². The van der Waals surface area contributed by atoms with Crippen molar-refractivity contribution in [3.05, 3.63) is 54.4 Å². The Kier molecular flexibility index (Phi) is 5.92. The number of amides is 1. The summed E-state index contributed by atoms with van der Waals surface area (Å²) < 4.78 is 28.5. The van der Waals surface area contributed by atoms with Gasteiger partial charge in [-0.2, -0.15) is 8.87 Å². The van der Waals surface area contributed by atoms with Crippen LogP contribution in [0.4, 0.5) is 5.69 Å². The van der Waals surface area contributed by atoms with E-state index in [9.17, 15) is 13.2 Å². The second-order valence-corrected chi connectivity index (χ2v) is 8.75. The summed E-state index contributed by atoms with van der Waals surface area (Å²) in [5.41, 5.74) is 1.80. The Morgan fingerprint density at radius 3 is 2.26 bits per heavy atom. The molecule has 1 saturated heterocycles. The first-order chi connectivity index (χ1) is 12.9. The van der Waals surface area contributed by atoms with E-state index in [4.69, 9.17) is 0 Å². The van der Waals surface area contributed by atoms with Gasteiger partial charge < -0.3 is 5.32 Å². The minimum atomic E-state index is -3.43. The number of nitrogens with zero attached hydrogens (tertiary/aromatic N) is 2. The predicted molar refractivity (Wildman–Crippen MR) is 104 cm³/mol. The van der Waals surface area contributed by atoms with Crippen molar-refractivity contribution in [3.63, 3.8) is 0 Å². The van der Waals surface area contributed by atoms with Gasteiger partial charge in [0.25, 0.3) is 5.91 Å². The van der Waals surface area contributed by atoms with Crippen molar-refractivity contribution in [3.8, 4) is 0 Å². The molecule has 1 atom stereocenters. The molecule has 1 aromatic heterocycles. The van der Waals surface area contributed by atoms with Crippen molar-refractivity contribution >= 4 is 21.6 Å². The molecule has 1 aromatic carbocycles. The van der Waals surface area contributed by atoms with E-state index in [-0.39, 0.29) is 16.8 Å². The number of anilines is 1. The highest BCUT2D eigenvalue weighted by Crippen LogP contribution is 2.22. The Morgan fingerprint density at radius 1 is 1.11 bits per heavy atom. The minimum absolute atomic E-state index is 0.153. The topological polar surface area (TPSA) is 70.4 Å². The van der Waals surface area contributed by atoms with Crippen LogP contribution in [0.1, 0.15) is 38.3 Å². The fraction of sp³-hybridized carbons (Fsp3) is 0.400. The Labute approximate surface area is 160 Å². The Morgan fingerprint density at radius 2 is 1.70 bits per heavy atom. The van der Waals surface area contributed by atoms with Crippen LogP contribution in [0.5, 0.6) is 0 Å². The summed E-state index contributed by atoms with van der Waals surface area (Å²) in [5, 5.41) is 2.85. The Bertz CT molecular complexity index is 887. The summed E-state index contributed by atoms with van der Waals surface area (Å²) in [6.45, 7) is 5.06. The molecule has 0 saturated carbocycles. The number of benzene rings is 1. The molecule has 0 spiro atoms. The molecule has 0 aliphatic carbocycles. The molecule has 1 aliphatic rings. The van der Waals surface area contributed by atoms with Gasteiger partial charge in [0.05, 0.1) is 4.90 Å². The molecule has 144 valence electrons. The summed E-state index contributed by atoms with van der Waals surface area (Å²) >= 11 is 0. The number of carbonyl (C=O) groups is 1. The van der Waals surface area contributed by atoms with E-state index < -0.39 is 10.0 Å². The van der Waals surface area contributed by atoms with Crippen molar-refractivity contribution in [1.29, 1.82) is 0 Å². The number of hydrogen-bond acceptors (Lipinski definition) is 3.